The topological polar surface area (TPSA) is 46.3 Å². The Labute approximate surface area is 130 Å². The van der Waals surface area contributed by atoms with Crippen LogP contribution in [0.4, 0.5) is 8.78 Å². The molecule has 1 saturated carbocycles. The number of carbonyl (C=O) groups is 1. The van der Waals surface area contributed by atoms with Crippen molar-refractivity contribution in [1.29, 1.82) is 0 Å². The zero-order chi connectivity index (χ0) is 16.4. The van der Waals surface area contributed by atoms with Crippen LogP contribution in [0.5, 0.6) is 0 Å². The standard InChI is InChI=1S/C17H24F2N2O/c1-10(2)16(20)6-7-21(3)17(22)14-9-12(14)13-8-11(18)4-5-15(13)19/h4-5,8,10,12,14,16H,6-7,9,20H2,1-3H3. The summed E-state index contributed by atoms with van der Waals surface area (Å²) in [5.41, 5.74) is 6.29. The van der Waals surface area contributed by atoms with E-state index < -0.39 is 11.6 Å². The van der Waals surface area contributed by atoms with Crippen LogP contribution in [0.2, 0.25) is 0 Å². The average molecular weight is 310 g/mol. The first kappa shape index (κ1) is 16.9. The Morgan fingerprint density at radius 3 is 2.73 bits per heavy atom. The minimum Gasteiger partial charge on any atom is -0.345 e. The second-order valence-electron chi connectivity index (χ2n) is 6.57. The fourth-order valence-corrected chi connectivity index (χ4v) is 2.68. The van der Waals surface area contributed by atoms with E-state index >= 15 is 0 Å². The molecule has 122 valence electrons. The van der Waals surface area contributed by atoms with Gasteiger partial charge < -0.3 is 10.6 Å². The van der Waals surface area contributed by atoms with Crippen molar-refractivity contribution < 1.29 is 13.6 Å². The van der Waals surface area contributed by atoms with Gasteiger partial charge in [-0.2, -0.15) is 0 Å². The molecule has 0 spiro atoms. The minimum atomic E-state index is -0.467. The second kappa shape index (κ2) is 6.73. The SMILES string of the molecule is CC(C)C(N)CCN(C)C(=O)C1CC1c1cc(F)ccc1F. The monoisotopic (exact) mass is 310 g/mol. The molecule has 0 aromatic heterocycles. The fourth-order valence-electron chi connectivity index (χ4n) is 2.68. The molecule has 3 nitrogen and oxygen atoms in total. The number of hydrogen-bond acceptors (Lipinski definition) is 2. The Hall–Kier alpha value is -1.49. The third kappa shape index (κ3) is 3.83. The number of halogens is 2. The lowest BCUT2D eigenvalue weighted by atomic mass is 10.0. The molecule has 2 N–H and O–H groups in total. The van der Waals surface area contributed by atoms with Crippen LogP contribution in [0.1, 0.15) is 38.2 Å². The molecule has 22 heavy (non-hydrogen) atoms. The Kier molecular flexibility index (Phi) is 5.16. The number of hydrogen-bond donors (Lipinski definition) is 1. The maximum Gasteiger partial charge on any atom is 0.226 e. The Bertz CT molecular complexity index is 547. The first-order chi connectivity index (χ1) is 10.3. The highest BCUT2D eigenvalue weighted by Gasteiger charge is 2.46. The van der Waals surface area contributed by atoms with E-state index in [0.717, 1.165) is 18.6 Å². The summed E-state index contributed by atoms with van der Waals surface area (Å²) in [4.78, 5) is 14.0. The number of nitrogens with zero attached hydrogens (tertiary/aromatic N) is 1. The van der Waals surface area contributed by atoms with Crippen LogP contribution in [0.25, 0.3) is 0 Å². The van der Waals surface area contributed by atoms with E-state index in [2.05, 4.69) is 13.8 Å². The summed E-state index contributed by atoms with van der Waals surface area (Å²) in [5, 5.41) is 0. The predicted molar refractivity (Wildman–Crippen MR) is 82.3 cm³/mol. The molecule has 2 rings (SSSR count). The van der Waals surface area contributed by atoms with Crippen LogP contribution in [0.3, 0.4) is 0 Å². The quantitative estimate of drug-likeness (QED) is 0.878. The van der Waals surface area contributed by atoms with E-state index in [-0.39, 0.29) is 23.8 Å². The molecule has 1 aliphatic rings. The summed E-state index contributed by atoms with van der Waals surface area (Å²) in [5.74, 6) is -0.985. The van der Waals surface area contributed by atoms with Gasteiger partial charge in [0.05, 0.1) is 0 Å². The summed E-state index contributed by atoms with van der Waals surface area (Å²) in [6, 6.07) is 3.47. The number of amides is 1. The summed E-state index contributed by atoms with van der Waals surface area (Å²) in [7, 11) is 1.74. The van der Waals surface area contributed by atoms with Gasteiger partial charge in [-0.15, -0.1) is 0 Å². The number of benzene rings is 1. The molecule has 0 aliphatic heterocycles. The van der Waals surface area contributed by atoms with Crippen LogP contribution in [-0.2, 0) is 4.79 Å². The summed E-state index contributed by atoms with van der Waals surface area (Å²) < 4.78 is 27.0. The van der Waals surface area contributed by atoms with Crippen molar-refractivity contribution in [3.8, 4) is 0 Å². The molecule has 5 heteroatoms. The molecule has 3 atom stereocenters. The minimum absolute atomic E-state index is 0.00961. The van der Waals surface area contributed by atoms with Gasteiger partial charge >= 0.3 is 0 Å². The molecule has 0 saturated heterocycles. The lowest BCUT2D eigenvalue weighted by molar-refractivity contribution is -0.131. The van der Waals surface area contributed by atoms with E-state index in [4.69, 9.17) is 5.73 Å². The molecule has 1 fully saturated rings. The maximum atomic E-state index is 13.7. The molecule has 3 unspecified atom stereocenters. The number of rotatable bonds is 6. The van der Waals surface area contributed by atoms with Crippen molar-refractivity contribution in [1.82, 2.24) is 4.90 Å². The van der Waals surface area contributed by atoms with Gasteiger partial charge in [0.1, 0.15) is 11.6 Å². The zero-order valence-corrected chi connectivity index (χ0v) is 13.4. The number of nitrogens with two attached hydrogens (primary N) is 1. The Morgan fingerprint density at radius 2 is 2.09 bits per heavy atom. The zero-order valence-electron chi connectivity index (χ0n) is 13.4. The fraction of sp³-hybridized carbons (Fsp3) is 0.588. The highest BCUT2D eigenvalue weighted by Crippen LogP contribution is 2.49. The summed E-state index contributed by atoms with van der Waals surface area (Å²) >= 11 is 0. The van der Waals surface area contributed by atoms with Gasteiger partial charge in [-0.1, -0.05) is 13.8 Å². The number of carbonyl (C=O) groups excluding carboxylic acids is 1. The van der Waals surface area contributed by atoms with Crippen LogP contribution < -0.4 is 5.73 Å². The molecule has 1 aromatic carbocycles. The molecular weight excluding hydrogens is 286 g/mol. The summed E-state index contributed by atoms with van der Waals surface area (Å²) in [6.07, 6.45) is 1.32. The Morgan fingerprint density at radius 1 is 1.41 bits per heavy atom. The normalized spacial score (nSPS) is 21.8. The molecule has 0 bridgehead atoms. The average Bonchev–Trinajstić information content (AvgIpc) is 3.26. The van der Waals surface area contributed by atoms with Crippen molar-refractivity contribution >= 4 is 5.91 Å². The van der Waals surface area contributed by atoms with Gasteiger partial charge in [0.25, 0.3) is 0 Å². The first-order valence-electron chi connectivity index (χ1n) is 7.76. The van der Waals surface area contributed by atoms with Gasteiger partial charge in [-0.25, -0.2) is 8.78 Å². The third-order valence-corrected chi connectivity index (χ3v) is 4.50. The highest BCUT2D eigenvalue weighted by atomic mass is 19.1. The van der Waals surface area contributed by atoms with E-state index in [1.54, 1.807) is 11.9 Å². The van der Waals surface area contributed by atoms with Gasteiger partial charge in [0.2, 0.25) is 5.91 Å². The molecule has 1 aromatic rings. The predicted octanol–water partition coefficient (Wildman–Crippen LogP) is 2.90. The first-order valence-corrected chi connectivity index (χ1v) is 7.76. The molecule has 0 heterocycles. The maximum absolute atomic E-state index is 13.7. The lowest BCUT2D eigenvalue weighted by Gasteiger charge is -2.21. The summed E-state index contributed by atoms with van der Waals surface area (Å²) in [6.45, 7) is 4.69. The molecule has 1 aliphatic carbocycles. The largest absolute Gasteiger partial charge is 0.345 e. The van der Waals surface area contributed by atoms with Crippen LogP contribution in [0, 0.1) is 23.5 Å². The molecular formula is C17H24F2N2O. The van der Waals surface area contributed by atoms with E-state index in [0.29, 0.717) is 24.4 Å². The van der Waals surface area contributed by atoms with Gasteiger partial charge in [0, 0.05) is 25.6 Å². The third-order valence-electron chi connectivity index (χ3n) is 4.50. The van der Waals surface area contributed by atoms with Gasteiger partial charge in [-0.05, 0) is 48.4 Å². The van der Waals surface area contributed by atoms with Gasteiger partial charge in [0.15, 0.2) is 0 Å². The van der Waals surface area contributed by atoms with Crippen molar-refractivity contribution in [3.63, 3.8) is 0 Å². The van der Waals surface area contributed by atoms with Crippen molar-refractivity contribution in [2.45, 2.75) is 38.6 Å². The van der Waals surface area contributed by atoms with Crippen molar-refractivity contribution in [2.75, 3.05) is 13.6 Å². The van der Waals surface area contributed by atoms with E-state index in [1.165, 1.54) is 6.07 Å². The molecule has 1 amide bonds. The van der Waals surface area contributed by atoms with E-state index in [1.807, 2.05) is 0 Å². The van der Waals surface area contributed by atoms with Crippen LogP contribution in [-0.4, -0.2) is 30.4 Å². The highest BCUT2D eigenvalue weighted by molar-refractivity contribution is 5.82. The van der Waals surface area contributed by atoms with Crippen LogP contribution >= 0.6 is 0 Å². The van der Waals surface area contributed by atoms with Gasteiger partial charge in [-0.3, -0.25) is 4.79 Å². The van der Waals surface area contributed by atoms with Crippen LogP contribution in [0.15, 0.2) is 18.2 Å². The second-order valence-corrected chi connectivity index (χ2v) is 6.57. The lowest BCUT2D eigenvalue weighted by Crippen LogP contribution is -2.35. The van der Waals surface area contributed by atoms with Crippen molar-refractivity contribution in [3.05, 3.63) is 35.4 Å². The Balaban J connectivity index is 1.91. The van der Waals surface area contributed by atoms with E-state index in [9.17, 15) is 13.6 Å². The molecule has 0 radical (unpaired) electrons. The smallest absolute Gasteiger partial charge is 0.226 e. The van der Waals surface area contributed by atoms with Crippen molar-refractivity contribution in [2.24, 2.45) is 17.6 Å².